The topological polar surface area (TPSA) is 149 Å². The minimum Gasteiger partial charge on any atom is -0.395 e. The number of aliphatic hydroxyl groups excluding tert-OH is 2. The first-order chi connectivity index (χ1) is 19.1. The molecule has 12 heteroatoms. The zero-order chi connectivity index (χ0) is 28.9. The van der Waals surface area contributed by atoms with Crippen molar-refractivity contribution >= 4 is 44.0 Å². The van der Waals surface area contributed by atoms with Gasteiger partial charge in [-0.1, -0.05) is 32.0 Å². The third kappa shape index (κ3) is 7.12. The monoisotopic (exact) mass is 586 g/mol. The molecule has 3 aromatic rings. The van der Waals surface area contributed by atoms with Gasteiger partial charge < -0.3 is 20.8 Å². The molecule has 2 aromatic carbocycles. The second-order valence-electron chi connectivity index (χ2n) is 10.0. The number of thiazole rings is 1. The highest BCUT2D eigenvalue weighted by atomic mass is 32.2. The number of amides is 2. The Bertz CT molecular complexity index is 1460. The van der Waals surface area contributed by atoms with E-state index in [1.807, 2.05) is 18.2 Å². The summed E-state index contributed by atoms with van der Waals surface area (Å²) in [5.74, 6) is 0.169. The standard InChI is InChI=1S/C28H34N4O6S2/c1-18(2)15-24-27(20-6-9-23-21(16-20)17-26(36)29-23)31-28(39-24)30-25(35)10-5-19-3-7-22(8-4-19)40(37,38)32(11-13-33)12-14-34/h3-4,6-9,16,18,33-34H,5,10-15,17H2,1-2H3,(H,29,36)(H,30,31,35). The number of anilines is 2. The molecule has 0 spiro atoms. The number of hydrogen-bond donors (Lipinski definition) is 4. The Hall–Kier alpha value is -3.16. The summed E-state index contributed by atoms with van der Waals surface area (Å²) in [5.41, 5.74) is 4.27. The number of aromatic nitrogens is 1. The number of aryl methyl sites for hydroxylation is 1. The number of aliphatic hydroxyl groups is 2. The van der Waals surface area contributed by atoms with E-state index in [0.29, 0.717) is 23.9 Å². The van der Waals surface area contributed by atoms with E-state index in [1.54, 1.807) is 12.1 Å². The Morgan fingerprint density at radius 1 is 1.12 bits per heavy atom. The zero-order valence-electron chi connectivity index (χ0n) is 22.5. The van der Waals surface area contributed by atoms with Gasteiger partial charge in [-0.2, -0.15) is 4.31 Å². The first kappa shape index (κ1) is 29.8. The van der Waals surface area contributed by atoms with Gasteiger partial charge in [0, 0.05) is 35.6 Å². The highest BCUT2D eigenvalue weighted by Gasteiger charge is 2.24. The van der Waals surface area contributed by atoms with Crippen LogP contribution in [0.25, 0.3) is 11.3 Å². The fourth-order valence-corrected chi connectivity index (χ4v) is 7.14. The highest BCUT2D eigenvalue weighted by Crippen LogP contribution is 2.36. The van der Waals surface area contributed by atoms with E-state index in [9.17, 15) is 18.0 Å². The second-order valence-corrected chi connectivity index (χ2v) is 13.1. The lowest BCUT2D eigenvalue weighted by Crippen LogP contribution is -2.35. The average molecular weight is 587 g/mol. The summed E-state index contributed by atoms with van der Waals surface area (Å²) in [4.78, 5) is 30.4. The number of nitrogens with one attached hydrogen (secondary N) is 2. The lowest BCUT2D eigenvalue weighted by Gasteiger charge is -2.20. The van der Waals surface area contributed by atoms with E-state index in [-0.39, 0.29) is 49.4 Å². The Kier molecular flexibility index (Phi) is 9.69. The molecule has 10 nitrogen and oxygen atoms in total. The van der Waals surface area contributed by atoms with Crippen molar-refractivity contribution in [3.05, 3.63) is 58.5 Å². The summed E-state index contributed by atoms with van der Waals surface area (Å²) in [7, 11) is -3.85. The molecule has 0 fully saturated rings. The van der Waals surface area contributed by atoms with Crippen LogP contribution < -0.4 is 10.6 Å². The first-order valence-electron chi connectivity index (χ1n) is 13.1. The third-order valence-corrected chi connectivity index (χ3v) is 9.35. The zero-order valence-corrected chi connectivity index (χ0v) is 24.1. The quantitative estimate of drug-likeness (QED) is 0.241. The molecule has 0 saturated carbocycles. The fourth-order valence-electron chi connectivity index (χ4n) is 4.51. The molecule has 0 atom stereocenters. The Labute approximate surface area is 238 Å². The van der Waals surface area contributed by atoms with Crippen molar-refractivity contribution in [1.29, 1.82) is 0 Å². The molecular weight excluding hydrogens is 552 g/mol. The largest absolute Gasteiger partial charge is 0.395 e. The van der Waals surface area contributed by atoms with Gasteiger partial charge in [0.2, 0.25) is 21.8 Å². The number of benzene rings is 2. The molecule has 0 saturated heterocycles. The minimum absolute atomic E-state index is 0.0255. The van der Waals surface area contributed by atoms with Crippen LogP contribution in [0.15, 0.2) is 47.4 Å². The molecule has 0 bridgehead atoms. The van der Waals surface area contributed by atoms with Gasteiger partial charge in [-0.05, 0) is 54.2 Å². The van der Waals surface area contributed by atoms with Crippen molar-refractivity contribution in [1.82, 2.24) is 9.29 Å². The molecule has 2 amide bonds. The van der Waals surface area contributed by atoms with Crippen LogP contribution in [0.2, 0.25) is 0 Å². The van der Waals surface area contributed by atoms with Gasteiger partial charge in [0.1, 0.15) is 0 Å². The maximum absolute atomic E-state index is 12.8. The van der Waals surface area contributed by atoms with Gasteiger partial charge in [0.15, 0.2) is 5.13 Å². The van der Waals surface area contributed by atoms with E-state index in [1.165, 1.54) is 23.5 Å². The molecule has 1 aliphatic rings. The third-order valence-electron chi connectivity index (χ3n) is 6.44. The van der Waals surface area contributed by atoms with Crippen LogP contribution in [0.4, 0.5) is 10.8 Å². The lowest BCUT2D eigenvalue weighted by molar-refractivity contribution is -0.116. The van der Waals surface area contributed by atoms with Crippen LogP contribution >= 0.6 is 11.3 Å². The number of fused-ring (bicyclic) bond motifs is 1. The van der Waals surface area contributed by atoms with E-state index in [4.69, 9.17) is 15.2 Å². The Balaban J connectivity index is 1.42. The SMILES string of the molecule is CC(C)Cc1sc(NC(=O)CCc2ccc(S(=O)(=O)N(CCO)CCO)cc2)nc1-c1ccc2c(c1)CC(=O)N2. The molecule has 4 rings (SSSR count). The molecule has 40 heavy (non-hydrogen) atoms. The summed E-state index contributed by atoms with van der Waals surface area (Å²) >= 11 is 1.45. The molecule has 0 unspecified atom stereocenters. The van der Waals surface area contributed by atoms with Crippen molar-refractivity contribution in [3.63, 3.8) is 0 Å². The predicted molar refractivity (Wildman–Crippen MR) is 155 cm³/mol. The molecule has 2 heterocycles. The maximum Gasteiger partial charge on any atom is 0.243 e. The molecule has 0 aliphatic carbocycles. The summed E-state index contributed by atoms with van der Waals surface area (Å²) < 4.78 is 26.6. The van der Waals surface area contributed by atoms with Crippen LogP contribution in [0, 0.1) is 5.92 Å². The van der Waals surface area contributed by atoms with Crippen molar-refractivity contribution in [2.75, 3.05) is 36.9 Å². The predicted octanol–water partition coefficient (Wildman–Crippen LogP) is 3.05. The van der Waals surface area contributed by atoms with Crippen LogP contribution in [0.3, 0.4) is 0 Å². The molecule has 214 valence electrons. The number of rotatable bonds is 13. The summed E-state index contributed by atoms with van der Waals surface area (Å²) in [6.07, 6.45) is 1.74. The van der Waals surface area contributed by atoms with Gasteiger partial charge >= 0.3 is 0 Å². The van der Waals surface area contributed by atoms with Crippen molar-refractivity contribution < 1.29 is 28.2 Å². The van der Waals surface area contributed by atoms with Gasteiger partial charge in [0.25, 0.3) is 0 Å². The molecular formula is C28H34N4O6S2. The average Bonchev–Trinajstić information content (AvgIpc) is 3.48. The fraction of sp³-hybridized carbons (Fsp3) is 0.393. The lowest BCUT2D eigenvalue weighted by atomic mass is 10.0. The van der Waals surface area contributed by atoms with E-state index in [2.05, 4.69) is 24.5 Å². The summed E-state index contributed by atoms with van der Waals surface area (Å²) in [6, 6.07) is 12.1. The number of carbonyl (C=O) groups excluding carboxylic acids is 2. The van der Waals surface area contributed by atoms with E-state index < -0.39 is 10.0 Å². The molecule has 0 radical (unpaired) electrons. The minimum atomic E-state index is -3.85. The van der Waals surface area contributed by atoms with Crippen LogP contribution in [-0.4, -0.2) is 66.0 Å². The second kappa shape index (κ2) is 13.0. The summed E-state index contributed by atoms with van der Waals surface area (Å²) in [6.45, 7) is 3.34. The normalized spacial score (nSPS) is 13.1. The number of hydrogen-bond acceptors (Lipinski definition) is 8. The van der Waals surface area contributed by atoms with E-state index in [0.717, 1.165) is 43.7 Å². The number of carbonyl (C=O) groups is 2. The number of sulfonamides is 1. The van der Waals surface area contributed by atoms with Crippen LogP contribution in [0.5, 0.6) is 0 Å². The van der Waals surface area contributed by atoms with Gasteiger partial charge in [-0.15, -0.1) is 11.3 Å². The smallest absolute Gasteiger partial charge is 0.243 e. The number of nitrogens with zero attached hydrogens (tertiary/aromatic N) is 2. The molecule has 1 aliphatic heterocycles. The van der Waals surface area contributed by atoms with E-state index >= 15 is 0 Å². The van der Waals surface area contributed by atoms with Gasteiger partial charge in [0.05, 0.1) is 30.2 Å². The van der Waals surface area contributed by atoms with Crippen molar-refractivity contribution in [2.24, 2.45) is 5.92 Å². The first-order valence-corrected chi connectivity index (χ1v) is 15.4. The Morgan fingerprint density at radius 2 is 1.82 bits per heavy atom. The molecule has 4 N–H and O–H groups in total. The highest BCUT2D eigenvalue weighted by molar-refractivity contribution is 7.89. The van der Waals surface area contributed by atoms with Crippen molar-refractivity contribution in [2.45, 2.75) is 44.4 Å². The van der Waals surface area contributed by atoms with Crippen LogP contribution in [0.1, 0.15) is 36.3 Å². The molecule has 1 aromatic heterocycles. The van der Waals surface area contributed by atoms with Crippen molar-refractivity contribution in [3.8, 4) is 11.3 Å². The van der Waals surface area contributed by atoms with Gasteiger partial charge in [-0.3, -0.25) is 9.59 Å². The summed E-state index contributed by atoms with van der Waals surface area (Å²) in [5, 5.41) is 24.6. The van der Waals surface area contributed by atoms with Crippen LogP contribution in [-0.2, 0) is 38.9 Å². The maximum atomic E-state index is 12.8. The van der Waals surface area contributed by atoms with Gasteiger partial charge in [-0.25, -0.2) is 13.4 Å². The Morgan fingerprint density at radius 3 is 2.48 bits per heavy atom.